The second-order valence-electron chi connectivity index (χ2n) is 5.29. The summed E-state index contributed by atoms with van der Waals surface area (Å²) in [6.07, 6.45) is -0.777. The molecule has 0 aliphatic rings. The molecule has 1 amide bonds. The largest absolute Gasteiger partial charge is 0.396 e. The standard InChI is InChI=1S/C18H20ClNO3/c19-16-9-5-4-8-15(16)17(22)18(23)20-12-14(10-11-21)13-6-2-1-3-7-13/h1-9,14,17,21-22H,10-12H2,(H,20,23)/t14?,17-/m1/s1. The number of amides is 1. The van der Waals surface area contributed by atoms with Crippen LogP contribution in [0.3, 0.4) is 0 Å². The Balaban J connectivity index is 2.00. The highest BCUT2D eigenvalue weighted by Gasteiger charge is 2.21. The van der Waals surface area contributed by atoms with E-state index in [1.165, 1.54) is 0 Å². The molecule has 1 unspecified atom stereocenters. The zero-order valence-corrected chi connectivity index (χ0v) is 13.4. The highest BCUT2D eigenvalue weighted by atomic mass is 35.5. The molecule has 0 fully saturated rings. The molecule has 2 aromatic carbocycles. The second-order valence-corrected chi connectivity index (χ2v) is 5.70. The third kappa shape index (κ3) is 4.79. The molecular weight excluding hydrogens is 314 g/mol. The van der Waals surface area contributed by atoms with Gasteiger partial charge in [0.15, 0.2) is 6.10 Å². The molecule has 0 aromatic heterocycles. The van der Waals surface area contributed by atoms with Crippen LogP contribution < -0.4 is 5.32 Å². The molecule has 2 rings (SSSR count). The van der Waals surface area contributed by atoms with Gasteiger partial charge in [0.2, 0.25) is 0 Å². The minimum Gasteiger partial charge on any atom is -0.396 e. The van der Waals surface area contributed by atoms with Crippen LogP contribution in [0.4, 0.5) is 0 Å². The maximum Gasteiger partial charge on any atom is 0.253 e. The normalized spacial score (nSPS) is 13.3. The molecule has 122 valence electrons. The van der Waals surface area contributed by atoms with Gasteiger partial charge in [0, 0.05) is 29.7 Å². The topological polar surface area (TPSA) is 69.6 Å². The van der Waals surface area contributed by atoms with Crippen LogP contribution in [0.1, 0.15) is 29.6 Å². The lowest BCUT2D eigenvalue weighted by Crippen LogP contribution is -2.33. The quantitative estimate of drug-likeness (QED) is 0.729. The Kier molecular flexibility index (Phi) is 6.59. The van der Waals surface area contributed by atoms with Crippen LogP contribution in [0.2, 0.25) is 5.02 Å². The fourth-order valence-corrected chi connectivity index (χ4v) is 2.67. The molecule has 4 nitrogen and oxygen atoms in total. The van der Waals surface area contributed by atoms with Crippen molar-refractivity contribution in [2.75, 3.05) is 13.2 Å². The molecule has 0 heterocycles. The number of rotatable bonds is 7. The van der Waals surface area contributed by atoms with Gasteiger partial charge < -0.3 is 15.5 Å². The Morgan fingerprint density at radius 2 is 1.74 bits per heavy atom. The van der Waals surface area contributed by atoms with Gasteiger partial charge >= 0.3 is 0 Å². The number of hydrogen-bond donors (Lipinski definition) is 3. The molecular formula is C18H20ClNO3. The first-order valence-corrected chi connectivity index (χ1v) is 7.87. The van der Waals surface area contributed by atoms with E-state index < -0.39 is 12.0 Å². The number of aliphatic hydroxyl groups is 2. The summed E-state index contributed by atoms with van der Waals surface area (Å²) in [5.41, 5.74) is 1.42. The van der Waals surface area contributed by atoms with E-state index >= 15 is 0 Å². The third-order valence-corrected chi connectivity index (χ3v) is 4.06. The molecule has 23 heavy (non-hydrogen) atoms. The number of aliphatic hydroxyl groups excluding tert-OH is 2. The number of carbonyl (C=O) groups is 1. The van der Waals surface area contributed by atoms with Crippen LogP contribution >= 0.6 is 11.6 Å². The van der Waals surface area contributed by atoms with Crippen LogP contribution in [-0.2, 0) is 4.79 Å². The molecule has 0 spiro atoms. The summed E-state index contributed by atoms with van der Waals surface area (Å²) in [5.74, 6) is -0.513. The van der Waals surface area contributed by atoms with Gasteiger partial charge in [-0.2, -0.15) is 0 Å². The Labute approximate surface area is 140 Å². The SMILES string of the molecule is O=C(NCC(CCO)c1ccccc1)[C@H](O)c1ccccc1Cl. The lowest BCUT2D eigenvalue weighted by molar-refractivity contribution is -0.129. The number of nitrogens with one attached hydrogen (secondary N) is 1. The summed E-state index contributed by atoms with van der Waals surface area (Å²) in [5, 5.41) is 22.4. The zero-order valence-electron chi connectivity index (χ0n) is 12.7. The molecule has 0 saturated heterocycles. The van der Waals surface area contributed by atoms with Gasteiger partial charge in [0.05, 0.1) is 0 Å². The van der Waals surface area contributed by atoms with E-state index in [0.717, 1.165) is 5.56 Å². The highest BCUT2D eigenvalue weighted by Crippen LogP contribution is 2.23. The zero-order chi connectivity index (χ0) is 16.7. The van der Waals surface area contributed by atoms with Crippen molar-refractivity contribution in [2.45, 2.75) is 18.4 Å². The molecule has 0 aliphatic heterocycles. The summed E-state index contributed by atoms with van der Waals surface area (Å²) >= 11 is 6.00. The fourth-order valence-electron chi connectivity index (χ4n) is 2.43. The van der Waals surface area contributed by atoms with Crippen molar-refractivity contribution in [1.29, 1.82) is 0 Å². The molecule has 0 radical (unpaired) electrons. The van der Waals surface area contributed by atoms with Crippen LogP contribution in [-0.4, -0.2) is 29.3 Å². The summed E-state index contributed by atoms with van der Waals surface area (Å²) in [6.45, 7) is 0.368. The van der Waals surface area contributed by atoms with Crippen molar-refractivity contribution in [3.63, 3.8) is 0 Å². The molecule has 5 heteroatoms. The first kappa shape index (κ1) is 17.5. The summed E-state index contributed by atoms with van der Waals surface area (Å²) < 4.78 is 0. The van der Waals surface area contributed by atoms with E-state index in [9.17, 15) is 15.0 Å². The van der Waals surface area contributed by atoms with E-state index in [1.807, 2.05) is 30.3 Å². The lowest BCUT2D eigenvalue weighted by atomic mass is 9.96. The van der Waals surface area contributed by atoms with Crippen LogP contribution in [0.15, 0.2) is 54.6 Å². The van der Waals surface area contributed by atoms with Gasteiger partial charge in [-0.25, -0.2) is 0 Å². The first-order chi connectivity index (χ1) is 11.1. The molecule has 2 atom stereocenters. The summed E-state index contributed by atoms with van der Waals surface area (Å²) in [6, 6.07) is 16.4. The van der Waals surface area contributed by atoms with Gasteiger partial charge in [0.25, 0.3) is 5.91 Å². The average Bonchev–Trinajstić information content (AvgIpc) is 2.59. The number of hydrogen-bond acceptors (Lipinski definition) is 3. The van der Waals surface area contributed by atoms with E-state index in [0.29, 0.717) is 23.6 Å². The van der Waals surface area contributed by atoms with Gasteiger partial charge in [-0.3, -0.25) is 4.79 Å². The van der Waals surface area contributed by atoms with Crippen molar-refractivity contribution in [2.24, 2.45) is 0 Å². The van der Waals surface area contributed by atoms with Gasteiger partial charge in [-0.05, 0) is 18.1 Å². The Morgan fingerprint density at radius 3 is 2.39 bits per heavy atom. The van der Waals surface area contributed by atoms with Crippen molar-refractivity contribution >= 4 is 17.5 Å². The number of carbonyl (C=O) groups excluding carboxylic acids is 1. The van der Waals surface area contributed by atoms with Crippen molar-refractivity contribution < 1.29 is 15.0 Å². The van der Waals surface area contributed by atoms with Gasteiger partial charge in [-0.1, -0.05) is 60.1 Å². The summed E-state index contributed by atoms with van der Waals surface area (Å²) in [7, 11) is 0. The number of halogens is 1. The highest BCUT2D eigenvalue weighted by molar-refractivity contribution is 6.31. The van der Waals surface area contributed by atoms with Gasteiger partial charge in [-0.15, -0.1) is 0 Å². The van der Waals surface area contributed by atoms with Crippen molar-refractivity contribution in [1.82, 2.24) is 5.32 Å². The minimum atomic E-state index is -1.31. The fraction of sp³-hybridized carbons (Fsp3) is 0.278. The second kappa shape index (κ2) is 8.67. The minimum absolute atomic E-state index is 0.0106. The van der Waals surface area contributed by atoms with E-state index in [4.69, 9.17) is 11.6 Å². The van der Waals surface area contributed by atoms with Crippen molar-refractivity contribution in [3.05, 3.63) is 70.7 Å². The Hall–Kier alpha value is -1.88. The summed E-state index contributed by atoms with van der Waals surface area (Å²) in [4.78, 5) is 12.2. The molecule has 2 aromatic rings. The maximum atomic E-state index is 12.2. The van der Waals surface area contributed by atoms with Crippen LogP contribution in [0.5, 0.6) is 0 Å². The smallest absolute Gasteiger partial charge is 0.253 e. The van der Waals surface area contributed by atoms with Gasteiger partial charge in [0.1, 0.15) is 0 Å². The predicted octanol–water partition coefficient (Wildman–Crippen LogP) is 2.66. The van der Waals surface area contributed by atoms with E-state index in [2.05, 4.69) is 5.32 Å². The van der Waals surface area contributed by atoms with Crippen LogP contribution in [0.25, 0.3) is 0 Å². The predicted molar refractivity (Wildman–Crippen MR) is 90.3 cm³/mol. The molecule has 0 aliphatic carbocycles. The Bertz CT molecular complexity index is 633. The van der Waals surface area contributed by atoms with Crippen molar-refractivity contribution in [3.8, 4) is 0 Å². The maximum absolute atomic E-state index is 12.2. The van der Waals surface area contributed by atoms with E-state index in [-0.39, 0.29) is 12.5 Å². The molecule has 3 N–H and O–H groups in total. The third-order valence-electron chi connectivity index (χ3n) is 3.72. The van der Waals surface area contributed by atoms with E-state index in [1.54, 1.807) is 24.3 Å². The molecule has 0 bridgehead atoms. The number of benzene rings is 2. The van der Waals surface area contributed by atoms with Crippen LogP contribution in [0, 0.1) is 0 Å². The first-order valence-electron chi connectivity index (χ1n) is 7.49. The monoisotopic (exact) mass is 333 g/mol. The average molecular weight is 334 g/mol. The Morgan fingerprint density at radius 1 is 1.09 bits per heavy atom. The lowest BCUT2D eigenvalue weighted by Gasteiger charge is -2.19. The molecule has 0 saturated carbocycles.